The second kappa shape index (κ2) is 9.49. The average Bonchev–Trinajstić information content (AvgIpc) is 2.87. The molecule has 2 nitrogen and oxygen atoms in total. The third-order valence-electron chi connectivity index (χ3n) is 3.57. The van der Waals surface area contributed by atoms with Crippen LogP contribution in [0.25, 0.3) is 0 Å². The molecular weight excluding hydrogens is 252 g/mol. The van der Waals surface area contributed by atoms with Gasteiger partial charge in [0.2, 0.25) is 0 Å². The lowest BCUT2D eigenvalue weighted by atomic mass is 10.1. The summed E-state index contributed by atoms with van der Waals surface area (Å²) in [6, 6.07) is 0.146. The van der Waals surface area contributed by atoms with E-state index in [0.29, 0.717) is 5.92 Å². The van der Waals surface area contributed by atoms with E-state index < -0.39 is 0 Å². The summed E-state index contributed by atoms with van der Waals surface area (Å²) in [4.78, 5) is 4.64. The molecule has 0 fully saturated rings. The Bertz CT molecular complexity index is 333. The highest BCUT2D eigenvalue weighted by molar-refractivity contribution is 7.09. The second-order valence-electron chi connectivity index (χ2n) is 5.78. The van der Waals surface area contributed by atoms with Gasteiger partial charge in [0.15, 0.2) is 0 Å². The third kappa shape index (κ3) is 6.53. The van der Waals surface area contributed by atoms with E-state index in [9.17, 15) is 0 Å². The van der Waals surface area contributed by atoms with Crippen LogP contribution in [0.15, 0.2) is 5.38 Å². The van der Waals surface area contributed by atoms with Crippen molar-refractivity contribution in [3.63, 3.8) is 0 Å². The zero-order valence-corrected chi connectivity index (χ0v) is 13.6. The van der Waals surface area contributed by atoms with Crippen LogP contribution in [0.5, 0.6) is 0 Å². The topological polar surface area (TPSA) is 38.9 Å². The minimum absolute atomic E-state index is 0.146. The van der Waals surface area contributed by atoms with E-state index in [-0.39, 0.29) is 6.04 Å². The molecule has 0 amide bonds. The normalized spacial score (nSPS) is 13.1. The van der Waals surface area contributed by atoms with Gasteiger partial charge in [0.05, 0.1) is 11.7 Å². The van der Waals surface area contributed by atoms with Crippen molar-refractivity contribution in [3.05, 3.63) is 16.1 Å². The first-order valence-electron chi connectivity index (χ1n) is 7.86. The number of hydrogen-bond donors (Lipinski definition) is 1. The number of aromatic nitrogens is 1. The van der Waals surface area contributed by atoms with Gasteiger partial charge in [-0.25, -0.2) is 4.98 Å². The molecule has 110 valence electrons. The van der Waals surface area contributed by atoms with Crippen molar-refractivity contribution in [1.82, 2.24) is 4.98 Å². The molecule has 0 saturated carbocycles. The van der Waals surface area contributed by atoms with Gasteiger partial charge >= 0.3 is 0 Å². The number of rotatable bonds is 10. The zero-order valence-electron chi connectivity index (χ0n) is 12.8. The molecule has 0 radical (unpaired) electrons. The minimum atomic E-state index is 0.146. The Labute approximate surface area is 122 Å². The molecular formula is C16H30N2S. The van der Waals surface area contributed by atoms with Crippen molar-refractivity contribution >= 4 is 11.3 Å². The van der Waals surface area contributed by atoms with Crippen LogP contribution >= 0.6 is 11.3 Å². The fourth-order valence-electron chi connectivity index (χ4n) is 2.18. The lowest BCUT2D eigenvalue weighted by molar-refractivity contribution is 0.539. The van der Waals surface area contributed by atoms with Crippen molar-refractivity contribution in [2.24, 2.45) is 5.73 Å². The molecule has 3 heteroatoms. The number of nitrogens with zero attached hydrogens (tertiary/aromatic N) is 1. The fourth-order valence-corrected chi connectivity index (χ4v) is 3.20. The van der Waals surface area contributed by atoms with Gasteiger partial charge in [-0.15, -0.1) is 11.3 Å². The molecule has 2 N–H and O–H groups in total. The largest absolute Gasteiger partial charge is 0.322 e. The first-order valence-corrected chi connectivity index (χ1v) is 8.74. The van der Waals surface area contributed by atoms with E-state index in [2.05, 4.69) is 31.1 Å². The molecule has 0 aliphatic carbocycles. The van der Waals surface area contributed by atoms with E-state index in [1.807, 2.05) is 0 Å². The summed E-state index contributed by atoms with van der Waals surface area (Å²) >= 11 is 1.72. The monoisotopic (exact) mass is 282 g/mol. The summed E-state index contributed by atoms with van der Waals surface area (Å²) in [6.07, 6.45) is 10.5. The molecule has 0 aliphatic heterocycles. The van der Waals surface area contributed by atoms with Crippen molar-refractivity contribution in [3.8, 4) is 0 Å². The smallest absolute Gasteiger partial charge is 0.110 e. The van der Waals surface area contributed by atoms with Crippen LogP contribution in [0, 0.1) is 0 Å². The molecule has 1 rings (SSSR count). The van der Waals surface area contributed by atoms with Gasteiger partial charge in [0, 0.05) is 5.38 Å². The summed E-state index contributed by atoms with van der Waals surface area (Å²) in [5.41, 5.74) is 7.41. The standard InChI is InChI=1S/C16H30N2S/c1-4-5-6-7-8-9-10-11-14(17)16-18-15(12-19-16)13(2)3/h12-14H,4-11,17H2,1-3H3. The molecule has 1 atom stereocenters. The van der Waals surface area contributed by atoms with Gasteiger partial charge in [0.25, 0.3) is 0 Å². The number of hydrogen-bond acceptors (Lipinski definition) is 3. The highest BCUT2D eigenvalue weighted by Crippen LogP contribution is 2.24. The predicted octanol–water partition coefficient (Wildman–Crippen LogP) is 5.41. The quantitative estimate of drug-likeness (QED) is 0.583. The summed E-state index contributed by atoms with van der Waals surface area (Å²) in [6.45, 7) is 6.62. The fraction of sp³-hybridized carbons (Fsp3) is 0.812. The molecule has 1 aromatic rings. The highest BCUT2D eigenvalue weighted by atomic mass is 32.1. The maximum Gasteiger partial charge on any atom is 0.110 e. The van der Waals surface area contributed by atoms with Crippen molar-refractivity contribution in [2.45, 2.75) is 84.1 Å². The second-order valence-corrected chi connectivity index (χ2v) is 6.67. The van der Waals surface area contributed by atoms with E-state index in [4.69, 9.17) is 5.73 Å². The number of unbranched alkanes of at least 4 members (excludes halogenated alkanes) is 6. The van der Waals surface area contributed by atoms with Crippen LogP contribution in [0.1, 0.15) is 94.8 Å². The Morgan fingerprint density at radius 3 is 2.32 bits per heavy atom. The van der Waals surface area contributed by atoms with Gasteiger partial charge in [-0.3, -0.25) is 0 Å². The Balaban J connectivity index is 2.14. The lowest BCUT2D eigenvalue weighted by Gasteiger charge is -2.08. The van der Waals surface area contributed by atoms with Crippen LogP contribution in [0.2, 0.25) is 0 Å². The summed E-state index contributed by atoms with van der Waals surface area (Å²) < 4.78 is 0. The number of thiazole rings is 1. The van der Waals surface area contributed by atoms with Crippen LogP contribution < -0.4 is 5.73 Å². The molecule has 1 heterocycles. The Hall–Kier alpha value is -0.410. The van der Waals surface area contributed by atoms with Gasteiger partial charge in [-0.1, -0.05) is 65.7 Å². The molecule has 0 aliphatic rings. The summed E-state index contributed by atoms with van der Waals surface area (Å²) in [7, 11) is 0. The maximum atomic E-state index is 6.22. The average molecular weight is 282 g/mol. The lowest BCUT2D eigenvalue weighted by Crippen LogP contribution is -2.10. The van der Waals surface area contributed by atoms with E-state index >= 15 is 0 Å². The SMILES string of the molecule is CCCCCCCCCC(N)c1nc(C(C)C)cs1. The molecule has 0 aromatic carbocycles. The molecule has 1 unspecified atom stereocenters. The Morgan fingerprint density at radius 2 is 1.74 bits per heavy atom. The Kier molecular flexibility index (Phi) is 8.31. The van der Waals surface area contributed by atoms with Gasteiger partial charge in [-0.2, -0.15) is 0 Å². The van der Waals surface area contributed by atoms with Crippen molar-refractivity contribution in [2.75, 3.05) is 0 Å². The Morgan fingerprint density at radius 1 is 1.11 bits per heavy atom. The molecule has 0 bridgehead atoms. The summed E-state index contributed by atoms with van der Waals surface area (Å²) in [5.74, 6) is 0.510. The third-order valence-corrected chi connectivity index (χ3v) is 4.56. The minimum Gasteiger partial charge on any atom is -0.322 e. The first-order chi connectivity index (χ1) is 9.15. The van der Waals surface area contributed by atoms with Gasteiger partial charge in [-0.05, 0) is 12.3 Å². The van der Waals surface area contributed by atoms with Crippen molar-refractivity contribution in [1.29, 1.82) is 0 Å². The highest BCUT2D eigenvalue weighted by Gasteiger charge is 2.12. The van der Waals surface area contributed by atoms with Crippen LogP contribution in [-0.2, 0) is 0 Å². The number of nitrogens with two attached hydrogens (primary N) is 1. The zero-order chi connectivity index (χ0) is 14.1. The first kappa shape index (κ1) is 16.6. The van der Waals surface area contributed by atoms with Crippen molar-refractivity contribution < 1.29 is 0 Å². The van der Waals surface area contributed by atoms with Crippen LogP contribution in [0.3, 0.4) is 0 Å². The van der Waals surface area contributed by atoms with Gasteiger partial charge in [0.1, 0.15) is 5.01 Å². The van der Waals surface area contributed by atoms with E-state index in [1.165, 1.54) is 50.6 Å². The molecule has 0 saturated heterocycles. The van der Waals surface area contributed by atoms with E-state index in [0.717, 1.165) is 11.4 Å². The van der Waals surface area contributed by atoms with Crippen LogP contribution in [-0.4, -0.2) is 4.98 Å². The molecule has 19 heavy (non-hydrogen) atoms. The van der Waals surface area contributed by atoms with Crippen LogP contribution in [0.4, 0.5) is 0 Å². The maximum absolute atomic E-state index is 6.22. The predicted molar refractivity (Wildman–Crippen MR) is 85.7 cm³/mol. The summed E-state index contributed by atoms with van der Waals surface area (Å²) in [5, 5.41) is 3.28. The molecule has 1 aromatic heterocycles. The van der Waals surface area contributed by atoms with Gasteiger partial charge < -0.3 is 5.73 Å². The van der Waals surface area contributed by atoms with E-state index in [1.54, 1.807) is 11.3 Å². The molecule has 0 spiro atoms.